The Hall–Kier alpha value is -2.33. The molecule has 0 aliphatic heterocycles. The van der Waals surface area contributed by atoms with Crippen LogP contribution in [-0.2, 0) is 0 Å². The fourth-order valence-corrected chi connectivity index (χ4v) is 4.35. The van der Waals surface area contributed by atoms with Crippen molar-refractivity contribution < 1.29 is 4.42 Å². The van der Waals surface area contributed by atoms with Crippen molar-refractivity contribution in [2.75, 3.05) is 0 Å². The number of fused-ring (bicyclic) bond motifs is 3. The maximum Gasteiger partial charge on any atom is 0.161 e. The normalized spacial score (nSPS) is 12.3. The molecule has 4 heteroatoms. The lowest BCUT2D eigenvalue weighted by molar-refractivity contribution is 0.662. The quantitative estimate of drug-likeness (QED) is 0.516. The smallest absolute Gasteiger partial charge is 0.161 e. The fourth-order valence-electron chi connectivity index (χ4n) is 2.96. The van der Waals surface area contributed by atoms with E-state index in [0.717, 1.165) is 27.6 Å². The lowest BCUT2D eigenvalue weighted by Gasteiger charge is -2.18. The standard InChI is InChI=1S/C18H18N2OSi/c1-22(2,3)17-11-12-19-20(17)15-9-6-8-14-13-7-4-5-10-16(13)21-18(14)15/h4-12H,1-3H3. The summed E-state index contributed by atoms with van der Waals surface area (Å²) >= 11 is 0. The van der Waals surface area contributed by atoms with E-state index in [0.29, 0.717) is 0 Å². The van der Waals surface area contributed by atoms with Crippen LogP contribution < -0.4 is 5.32 Å². The molecule has 0 spiro atoms. The first-order valence-electron chi connectivity index (χ1n) is 7.51. The number of hydrogen-bond acceptors (Lipinski definition) is 2. The molecular formula is C18H18N2OSi. The lowest BCUT2D eigenvalue weighted by atomic mass is 10.1. The number of furan rings is 1. The molecule has 4 rings (SSSR count). The van der Waals surface area contributed by atoms with E-state index in [1.54, 1.807) is 0 Å². The van der Waals surface area contributed by atoms with E-state index in [1.807, 2.05) is 24.4 Å². The second-order valence-corrected chi connectivity index (χ2v) is 11.6. The number of aromatic nitrogens is 2. The van der Waals surface area contributed by atoms with Crippen LogP contribution in [0.2, 0.25) is 19.6 Å². The van der Waals surface area contributed by atoms with E-state index in [9.17, 15) is 0 Å². The Balaban J connectivity index is 2.06. The average molecular weight is 306 g/mol. The second-order valence-electron chi connectivity index (χ2n) is 6.63. The Morgan fingerprint density at radius 3 is 2.50 bits per heavy atom. The number of benzene rings is 2. The molecule has 0 N–H and O–H groups in total. The molecule has 0 unspecified atom stereocenters. The van der Waals surface area contributed by atoms with Crippen LogP contribution in [0.4, 0.5) is 0 Å². The minimum atomic E-state index is -1.48. The van der Waals surface area contributed by atoms with Gasteiger partial charge in [-0.25, -0.2) is 4.68 Å². The predicted molar refractivity (Wildman–Crippen MR) is 93.8 cm³/mol. The monoisotopic (exact) mass is 306 g/mol. The first-order valence-corrected chi connectivity index (χ1v) is 11.0. The molecule has 0 bridgehead atoms. The Morgan fingerprint density at radius 1 is 0.909 bits per heavy atom. The van der Waals surface area contributed by atoms with Gasteiger partial charge in [-0.15, -0.1) is 0 Å². The zero-order valence-electron chi connectivity index (χ0n) is 13.0. The summed E-state index contributed by atoms with van der Waals surface area (Å²) in [7, 11) is -1.48. The fraction of sp³-hybridized carbons (Fsp3) is 0.167. The SMILES string of the molecule is C[Si](C)(C)c1ccnn1-c1cccc2c1oc1ccccc12. The van der Waals surface area contributed by atoms with Gasteiger partial charge in [0.1, 0.15) is 19.3 Å². The van der Waals surface area contributed by atoms with Gasteiger partial charge in [0.05, 0.1) is 0 Å². The van der Waals surface area contributed by atoms with E-state index in [2.05, 4.69) is 59.8 Å². The molecule has 0 aliphatic carbocycles. The third-order valence-corrected chi connectivity index (χ3v) is 5.94. The number of nitrogens with zero attached hydrogens (tertiary/aromatic N) is 2. The van der Waals surface area contributed by atoms with Crippen molar-refractivity contribution in [3.05, 3.63) is 54.7 Å². The van der Waals surface area contributed by atoms with Gasteiger partial charge in [0.2, 0.25) is 0 Å². The maximum atomic E-state index is 6.13. The predicted octanol–water partition coefficient (Wildman–Crippen LogP) is 4.32. The summed E-state index contributed by atoms with van der Waals surface area (Å²) in [6, 6.07) is 16.6. The highest BCUT2D eigenvalue weighted by Gasteiger charge is 2.23. The third kappa shape index (κ3) is 1.91. The van der Waals surface area contributed by atoms with Crippen LogP contribution in [0.25, 0.3) is 27.6 Å². The molecule has 0 aliphatic rings. The third-order valence-electron chi connectivity index (χ3n) is 4.02. The summed E-state index contributed by atoms with van der Waals surface area (Å²) < 4.78 is 8.18. The van der Waals surface area contributed by atoms with Crippen molar-refractivity contribution >= 4 is 35.3 Å². The molecule has 3 nitrogen and oxygen atoms in total. The van der Waals surface area contributed by atoms with Crippen molar-refractivity contribution in [1.82, 2.24) is 9.78 Å². The Kier molecular flexibility index (Phi) is 2.78. The van der Waals surface area contributed by atoms with Crippen molar-refractivity contribution in [3.63, 3.8) is 0 Å². The van der Waals surface area contributed by atoms with Crippen molar-refractivity contribution in [2.45, 2.75) is 19.6 Å². The molecule has 4 aromatic rings. The van der Waals surface area contributed by atoms with E-state index < -0.39 is 8.07 Å². The molecule has 0 radical (unpaired) electrons. The van der Waals surface area contributed by atoms with Gasteiger partial charge in [0, 0.05) is 22.3 Å². The molecule has 2 heterocycles. The summed E-state index contributed by atoms with van der Waals surface area (Å²) in [4.78, 5) is 0. The lowest BCUT2D eigenvalue weighted by Crippen LogP contribution is -2.42. The molecule has 2 aromatic carbocycles. The van der Waals surface area contributed by atoms with Gasteiger partial charge in [0.25, 0.3) is 0 Å². The topological polar surface area (TPSA) is 31.0 Å². The number of rotatable bonds is 2. The molecule has 22 heavy (non-hydrogen) atoms. The second kappa shape index (κ2) is 4.58. The minimum absolute atomic E-state index is 0.909. The number of hydrogen-bond donors (Lipinski definition) is 0. The van der Waals surface area contributed by atoms with Crippen LogP contribution in [0.15, 0.2) is 59.1 Å². The largest absolute Gasteiger partial charge is 0.454 e. The van der Waals surface area contributed by atoms with Crippen LogP contribution in [0.5, 0.6) is 0 Å². The van der Waals surface area contributed by atoms with Crippen LogP contribution in [0.3, 0.4) is 0 Å². The molecule has 0 atom stereocenters. The van der Waals surface area contributed by atoms with E-state index in [4.69, 9.17) is 4.42 Å². The molecule has 110 valence electrons. The van der Waals surface area contributed by atoms with E-state index in [1.165, 1.54) is 5.32 Å². The van der Waals surface area contributed by atoms with Gasteiger partial charge in [0.15, 0.2) is 5.58 Å². The van der Waals surface area contributed by atoms with Crippen LogP contribution in [0.1, 0.15) is 0 Å². The highest BCUT2D eigenvalue weighted by atomic mass is 28.3. The average Bonchev–Trinajstić information content (AvgIpc) is 3.11. The summed E-state index contributed by atoms with van der Waals surface area (Å²) in [5.41, 5.74) is 2.86. The Morgan fingerprint density at radius 2 is 1.68 bits per heavy atom. The van der Waals surface area contributed by atoms with Crippen molar-refractivity contribution in [2.24, 2.45) is 0 Å². The van der Waals surface area contributed by atoms with Crippen LogP contribution in [-0.4, -0.2) is 17.9 Å². The number of para-hydroxylation sites is 2. The van der Waals surface area contributed by atoms with Gasteiger partial charge in [-0.1, -0.05) is 50.0 Å². The first-order chi connectivity index (χ1) is 10.6. The zero-order valence-corrected chi connectivity index (χ0v) is 14.0. The van der Waals surface area contributed by atoms with Gasteiger partial charge in [-0.3, -0.25) is 0 Å². The zero-order chi connectivity index (χ0) is 15.3. The van der Waals surface area contributed by atoms with Crippen LogP contribution >= 0.6 is 0 Å². The first kappa shape index (κ1) is 13.3. The van der Waals surface area contributed by atoms with Gasteiger partial charge < -0.3 is 4.42 Å². The highest BCUT2D eigenvalue weighted by Crippen LogP contribution is 2.32. The molecule has 0 amide bonds. The van der Waals surface area contributed by atoms with E-state index in [-0.39, 0.29) is 0 Å². The molecule has 0 saturated carbocycles. The Bertz CT molecular complexity index is 976. The summed E-state index contributed by atoms with van der Waals surface area (Å²) in [6.07, 6.45) is 1.88. The van der Waals surface area contributed by atoms with Crippen molar-refractivity contribution in [1.29, 1.82) is 0 Å². The minimum Gasteiger partial charge on any atom is -0.454 e. The summed E-state index contributed by atoms with van der Waals surface area (Å²) in [6.45, 7) is 7.00. The van der Waals surface area contributed by atoms with Gasteiger partial charge in [-0.05, 0) is 18.2 Å². The molecular weight excluding hydrogens is 288 g/mol. The summed E-state index contributed by atoms with van der Waals surface area (Å²) in [5.74, 6) is 0. The molecule has 2 aromatic heterocycles. The van der Waals surface area contributed by atoms with Gasteiger partial charge >= 0.3 is 0 Å². The highest BCUT2D eigenvalue weighted by molar-refractivity contribution is 6.88. The summed E-state index contributed by atoms with van der Waals surface area (Å²) in [5, 5.41) is 8.17. The molecule has 0 fully saturated rings. The van der Waals surface area contributed by atoms with Crippen LogP contribution in [0, 0.1) is 0 Å². The maximum absolute atomic E-state index is 6.13. The van der Waals surface area contributed by atoms with Crippen molar-refractivity contribution in [3.8, 4) is 5.69 Å². The van der Waals surface area contributed by atoms with Gasteiger partial charge in [-0.2, -0.15) is 5.10 Å². The van der Waals surface area contributed by atoms with E-state index >= 15 is 0 Å². The Labute approximate surface area is 130 Å². The molecule has 0 saturated heterocycles.